The predicted octanol–water partition coefficient (Wildman–Crippen LogP) is 1.86. The largest absolute Gasteiger partial charge is 0.493 e. The molecule has 1 aliphatic carbocycles. The minimum atomic E-state index is -0.568. The number of hydrogen-bond donors (Lipinski definition) is 2. The summed E-state index contributed by atoms with van der Waals surface area (Å²) >= 11 is 0. The summed E-state index contributed by atoms with van der Waals surface area (Å²) in [7, 11) is 0. The number of para-hydroxylation sites is 1. The van der Waals surface area contributed by atoms with E-state index in [9.17, 15) is 10.4 Å². The molecule has 2 fully saturated rings. The van der Waals surface area contributed by atoms with E-state index in [1.165, 1.54) is 11.3 Å². The molecule has 0 spiro atoms. The quantitative estimate of drug-likeness (QED) is 0.834. The molecule has 1 aromatic rings. The first-order valence-corrected chi connectivity index (χ1v) is 8.85. The average Bonchev–Trinajstić information content (AvgIpc) is 2.56. The van der Waals surface area contributed by atoms with Crippen molar-refractivity contribution in [1.29, 1.82) is 5.26 Å². The van der Waals surface area contributed by atoms with E-state index in [-0.39, 0.29) is 12.0 Å². The standard InChI is InChI=1S/C19H26N2O2/c1-2-23-17-9-4-3-7-15(17)18-16-8-5-6-10-19(16,22)11-13-21(18)14-12-20/h3-4,7,9,16,18,22H,2,5-6,8,10-11,13-14H2,1H3/p+1/t16-,18-,19-/m1/s1. The van der Waals surface area contributed by atoms with E-state index in [0.717, 1.165) is 43.5 Å². The van der Waals surface area contributed by atoms with Gasteiger partial charge < -0.3 is 14.7 Å². The molecule has 1 aliphatic heterocycles. The van der Waals surface area contributed by atoms with Crippen molar-refractivity contribution in [3.63, 3.8) is 0 Å². The van der Waals surface area contributed by atoms with Crippen LogP contribution in [0.1, 0.15) is 50.6 Å². The third-order valence-electron chi connectivity index (χ3n) is 5.65. The lowest BCUT2D eigenvalue weighted by Gasteiger charge is -2.49. The number of quaternary nitrogens is 1. The topological polar surface area (TPSA) is 57.7 Å². The Morgan fingerprint density at radius 1 is 1.35 bits per heavy atom. The lowest BCUT2D eigenvalue weighted by Crippen LogP contribution is -3.15. The summed E-state index contributed by atoms with van der Waals surface area (Å²) in [5, 5.41) is 20.4. The second kappa shape index (κ2) is 6.90. The summed E-state index contributed by atoms with van der Waals surface area (Å²) < 4.78 is 5.85. The van der Waals surface area contributed by atoms with Gasteiger partial charge in [0.1, 0.15) is 17.9 Å². The molecule has 124 valence electrons. The van der Waals surface area contributed by atoms with Gasteiger partial charge in [-0.25, -0.2) is 0 Å². The van der Waals surface area contributed by atoms with Crippen LogP contribution in [0.3, 0.4) is 0 Å². The van der Waals surface area contributed by atoms with Crippen LogP contribution in [0, 0.1) is 17.2 Å². The fraction of sp³-hybridized carbons (Fsp3) is 0.632. The molecule has 1 heterocycles. The molecule has 0 aromatic heterocycles. The molecule has 1 aromatic carbocycles. The van der Waals surface area contributed by atoms with Gasteiger partial charge in [-0.3, -0.25) is 0 Å². The molecule has 0 bridgehead atoms. The minimum Gasteiger partial charge on any atom is -0.493 e. The lowest BCUT2D eigenvalue weighted by atomic mass is 9.66. The highest BCUT2D eigenvalue weighted by Gasteiger charge is 2.52. The molecule has 0 amide bonds. The molecule has 2 N–H and O–H groups in total. The summed E-state index contributed by atoms with van der Waals surface area (Å²) in [6.07, 6.45) is 5.02. The highest BCUT2D eigenvalue weighted by Crippen LogP contribution is 2.45. The predicted molar refractivity (Wildman–Crippen MR) is 88.2 cm³/mol. The van der Waals surface area contributed by atoms with Crippen molar-refractivity contribution in [3.8, 4) is 11.8 Å². The number of hydrogen-bond acceptors (Lipinski definition) is 3. The third-order valence-corrected chi connectivity index (χ3v) is 5.65. The van der Waals surface area contributed by atoms with Crippen LogP contribution in [0.4, 0.5) is 0 Å². The molecule has 3 rings (SSSR count). The highest BCUT2D eigenvalue weighted by atomic mass is 16.5. The van der Waals surface area contributed by atoms with Crippen molar-refractivity contribution in [2.75, 3.05) is 19.7 Å². The maximum atomic E-state index is 11.2. The normalized spacial score (nSPS) is 33.5. The van der Waals surface area contributed by atoms with Crippen LogP contribution in [0.5, 0.6) is 5.75 Å². The molecular weight excluding hydrogens is 288 g/mol. The summed E-state index contributed by atoms with van der Waals surface area (Å²) in [6, 6.07) is 10.7. The number of aliphatic hydroxyl groups is 1. The first-order chi connectivity index (χ1) is 11.2. The van der Waals surface area contributed by atoms with Crippen molar-refractivity contribution in [2.45, 2.75) is 50.7 Å². The van der Waals surface area contributed by atoms with Crippen LogP contribution in [-0.2, 0) is 0 Å². The van der Waals surface area contributed by atoms with E-state index in [1.54, 1.807) is 0 Å². The smallest absolute Gasteiger partial charge is 0.165 e. The first kappa shape index (κ1) is 16.3. The Labute approximate surface area is 138 Å². The Morgan fingerprint density at radius 3 is 2.96 bits per heavy atom. The Balaban J connectivity index is 2.01. The molecule has 1 saturated heterocycles. The van der Waals surface area contributed by atoms with Crippen LogP contribution in [0.25, 0.3) is 0 Å². The van der Waals surface area contributed by atoms with Crippen LogP contribution in [0.15, 0.2) is 24.3 Å². The Hall–Kier alpha value is -1.57. The second-order valence-electron chi connectivity index (χ2n) is 6.90. The monoisotopic (exact) mass is 315 g/mol. The van der Waals surface area contributed by atoms with Crippen LogP contribution < -0.4 is 9.64 Å². The number of rotatable bonds is 4. The van der Waals surface area contributed by atoms with Crippen molar-refractivity contribution >= 4 is 0 Å². The highest BCUT2D eigenvalue weighted by molar-refractivity contribution is 5.36. The van der Waals surface area contributed by atoms with Gasteiger partial charge in [0, 0.05) is 12.3 Å². The number of nitriles is 1. The molecule has 1 unspecified atom stereocenters. The second-order valence-corrected chi connectivity index (χ2v) is 6.90. The first-order valence-electron chi connectivity index (χ1n) is 8.85. The van der Waals surface area contributed by atoms with Gasteiger partial charge in [-0.1, -0.05) is 25.0 Å². The van der Waals surface area contributed by atoms with Crippen molar-refractivity contribution in [3.05, 3.63) is 29.8 Å². The Morgan fingerprint density at radius 2 is 2.17 bits per heavy atom. The van der Waals surface area contributed by atoms with Gasteiger partial charge in [-0.05, 0) is 31.9 Å². The summed E-state index contributed by atoms with van der Waals surface area (Å²) in [5.74, 6) is 1.13. The van der Waals surface area contributed by atoms with E-state index >= 15 is 0 Å². The van der Waals surface area contributed by atoms with Gasteiger partial charge in [0.25, 0.3) is 0 Å². The number of ether oxygens (including phenoxy) is 1. The van der Waals surface area contributed by atoms with Gasteiger partial charge in [0.2, 0.25) is 0 Å². The van der Waals surface area contributed by atoms with Crippen molar-refractivity contribution in [2.24, 2.45) is 5.92 Å². The number of likely N-dealkylation sites (tertiary alicyclic amines) is 1. The maximum Gasteiger partial charge on any atom is 0.165 e. The zero-order chi connectivity index (χ0) is 16.3. The molecule has 2 aliphatic rings. The number of fused-ring (bicyclic) bond motifs is 1. The van der Waals surface area contributed by atoms with Crippen LogP contribution in [-0.4, -0.2) is 30.4 Å². The van der Waals surface area contributed by atoms with E-state index in [4.69, 9.17) is 4.74 Å². The molecule has 1 saturated carbocycles. The Kier molecular flexibility index (Phi) is 4.89. The molecule has 4 atom stereocenters. The van der Waals surface area contributed by atoms with Crippen LogP contribution >= 0.6 is 0 Å². The third kappa shape index (κ3) is 3.08. The van der Waals surface area contributed by atoms with Gasteiger partial charge in [-0.15, -0.1) is 0 Å². The van der Waals surface area contributed by atoms with E-state index < -0.39 is 5.60 Å². The SMILES string of the molecule is CCOc1ccccc1[C@@H]1[C@H]2CCCC[C@@]2(O)CC[NH+]1CC#N. The Bertz CT molecular complexity index is 583. The molecule has 4 nitrogen and oxygen atoms in total. The van der Waals surface area contributed by atoms with Crippen LogP contribution in [0.2, 0.25) is 0 Å². The molecule has 23 heavy (non-hydrogen) atoms. The van der Waals surface area contributed by atoms with E-state index in [1.807, 2.05) is 25.1 Å². The van der Waals surface area contributed by atoms with Gasteiger partial charge in [-0.2, -0.15) is 5.26 Å². The summed E-state index contributed by atoms with van der Waals surface area (Å²) in [6.45, 7) is 3.96. The lowest BCUT2D eigenvalue weighted by molar-refractivity contribution is -0.938. The molecule has 0 radical (unpaired) electrons. The van der Waals surface area contributed by atoms with E-state index in [2.05, 4.69) is 12.1 Å². The van der Waals surface area contributed by atoms with Crippen molar-refractivity contribution in [1.82, 2.24) is 0 Å². The number of nitrogens with one attached hydrogen (secondary N) is 1. The zero-order valence-electron chi connectivity index (χ0n) is 13.9. The minimum absolute atomic E-state index is 0.149. The van der Waals surface area contributed by atoms with Gasteiger partial charge in [0.15, 0.2) is 6.54 Å². The van der Waals surface area contributed by atoms with Crippen molar-refractivity contribution < 1.29 is 14.7 Å². The zero-order valence-corrected chi connectivity index (χ0v) is 13.9. The average molecular weight is 315 g/mol. The summed E-state index contributed by atoms with van der Waals surface area (Å²) in [5.41, 5.74) is 0.589. The van der Waals surface area contributed by atoms with E-state index in [0.29, 0.717) is 13.2 Å². The molecule has 4 heteroatoms. The molecular formula is C19H27N2O2+. The van der Waals surface area contributed by atoms with Gasteiger partial charge in [0.05, 0.1) is 24.3 Å². The fourth-order valence-electron chi connectivity index (χ4n) is 4.61. The fourth-order valence-corrected chi connectivity index (χ4v) is 4.61. The van der Waals surface area contributed by atoms with Gasteiger partial charge >= 0.3 is 0 Å². The summed E-state index contributed by atoms with van der Waals surface area (Å²) in [4.78, 5) is 1.27. The number of piperidine rings is 1. The maximum absolute atomic E-state index is 11.2. The number of benzene rings is 1. The number of nitrogens with zero attached hydrogens (tertiary/aromatic N) is 1.